The Balaban J connectivity index is 1.66. The molecule has 2 N–H and O–H groups in total. The summed E-state index contributed by atoms with van der Waals surface area (Å²) in [6.45, 7) is 10.4. The summed E-state index contributed by atoms with van der Waals surface area (Å²) in [6, 6.07) is 18.7. The van der Waals surface area contributed by atoms with E-state index in [2.05, 4.69) is 15.5 Å². The van der Waals surface area contributed by atoms with Gasteiger partial charge in [0, 0.05) is 29.3 Å². The van der Waals surface area contributed by atoms with Gasteiger partial charge in [-0.2, -0.15) is 18.3 Å². The molecule has 4 aromatic rings. The van der Waals surface area contributed by atoms with E-state index in [0.29, 0.717) is 34.0 Å². The van der Waals surface area contributed by atoms with Crippen LogP contribution < -0.4 is 15.5 Å². The molecule has 44 heavy (non-hydrogen) atoms. The molecular weight excluding hydrogens is 573 g/mol. The lowest BCUT2D eigenvalue weighted by molar-refractivity contribution is -0.137. The zero-order valence-corrected chi connectivity index (χ0v) is 23.7. The van der Waals surface area contributed by atoms with Gasteiger partial charge in [0.2, 0.25) is 0 Å². The Morgan fingerprint density at radius 2 is 1.75 bits per heavy atom. The van der Waals surface area contributed by atoms with E-state index in [1.54, 1.807) is 42.8 Å². The molecule has 1 aliphatic heterocycles. The minimum absolute atomic E-state index is 0.221. The fraction of sp³-hybridized carbons (Fsp3) is 0.219. The fourth-order valence-corrected chi connectivity index (χ4v) is 5.44. The van der Waals surface area contributed by atoms with Gasteiger partial charge in [-0.25, -0.2) is 11.3 Å². The molecule has 0 unspecified atom stereocenters. The second-order valence-electron chi connectivity index (χ2n) is 10.1. The summed E-state index contributed by atoms with van der Waals surface area (Å²) in [7, 11) is 0. The number of hydrogen-bond acceptors (Lipinski definition) is 4. The van der Waals surface area contributed by atoms with Crippen molar-refractivity contribution in [2.75, 3.05) is 23.3 Å². The standard InChI is InChI=1S/C32H27F3N6O3/c1-4-40-30-26(19(2)39-41(30)24-14-6-5-7-15-24)27(20-10-9-13-23(17-20)37-25(42)18-36-3)28(31(40)44)38-29(43)21-11-8-12-22(16-21)32(33,34)35/h5-17,27-28H,4,18H2,1-2H3,(H,37,42)(H,38,43)/t27-,28+/m0/s1. The Bertz CT molecular complexity index is 1780. The number of rotatable bonds is 7. The van der Waals surface area contributed by atoms with E-state index in [9.17, 15) is 27.6 Å². The zero-order chi connectivity index (χ0) is 31.6. The zero-order valence-electron chi connectivity index (χ0n) is 23.7. The van der Waals surface area contributed by atoms with E-state index >= 15 is 0 Å². The maximum Gasteiger partial charge on any atom is 0.416 e. The van der Waals surface area contributed by atoms with Crippen molar-refractivity contribution >= 4 is 29.2 Å². The second-order valence-corrected chi connectivity index (χ2v) is 10.1. The van der Waals surface area contributed by atoms with Gasteiger partial charge in [-0.05, 0) is 61.9 Å². The number of likely N-dealkylation sites (N-methyl/N-ethyl adjacent to an activating group) is 1. The topological polar surface area (TPSA) is 101 Å². The van der Waals surface area contributed by atoms with Crippen molar-refractivity contribution in [1.29, 1.82) is 0 Å². The smallest absolute Gasteiger partial charge is 0.339 e. The van der Waals surface area contributed by atoms with Crippen LogP contribution in [0.1, 0.15) is 45.6 Å². The third-order valence-electron chi connectivity index (χ3n) is 7.32. The molecule has 0 spiro atoms. The predicted molar refractivity (Wildman–Crippen MR) is 157 cm³/mol. The van der Waals surface area contributed by atoms with E-state index in [1.165, 1.54) is 11.0 Å². The van der Waals surface area contributed by atoms with E-state index in [4.69, 9.17) is 11.7 Å². The minimum atomic E-state index is -4.66. The number of hydrogen-bond donors (Lipinski definition) is 2. The molecule has 5 rings (SSSR count). The van der Waals surface area contributed by atoms with E-state index < -0.39 is 41.4 Å². The lowest BCUT2D eigenvalue weighted by atomic mass is 9.81. The van der Waals surface area contributed by atoms with Gasteiger partial charge in [0.15, 0.2) is 0 Å². The number of aromatic nitrogens is 2. The molecule has 224 valence electrons. The number of alkyl halides is 3. The molecule has 9 nitrogen and oxygen atoms in total. The normalized spacial score (nSPS) is 16.2. The largest absolute Gasteiger partial charge is 0.416 e. The maximum absolute atomic E-state index is 14.2. The Kier molecular flexibility index (Phi) is 8.22. The van der Waals surface area contributed by atoms with Gasteiger partial charge >= 0.3 is 12.1 Å². The molecule has 0 aliphatic carbocycles. The quantitative estimate of drug-likeness (QED) is 0.279. The third-order valence-corrected chi connectivity index (χ3v) is 7.32. The molecule has 3 amide bonds. The van der Waals surface area contributed by atoms with E-state index in [0.717, 1.165) is 18.2 Å². The molecule has 0 saturated heterocycles. The number of para-hydroxylation sites is 1. The third kappa shape index (κ3) is 5.76. The Hall–Kier alpha value is -5.44. The summed E-state index contributed by atoms with van der Waals surface area (Å²) in [6.07, 6.45) is -4.66. The van der Waals surface area contributed by atoms with Gasteiger partial charge in [0.1, 0.15) is 11.9 Å². The monoisotopic (exact) mass is 600 g/mol. The van der Waals surface area contributed by atoms with Crippen LogP contribution in [0.3, 0.4) is 0 Å². The van der Waals surface area contributed by atoms with Crippen molar-refractivity contribution in [3.8, 4) is 5.69 Å². The fourth-order valence-electron chi connectivity index (χ4n) is 5.44. The van der Waals surface area contributed by atoms with Gasteiger partial charge < -0.3 is 15.5 Å². The van der Waals surface area contributed by atoms with Crippen molar-refractivity contribution in [2.24, 2.45) is 0 Å². The molecule has 1 aliphatic rings. The summed E-state index contributed by atoms with van der Waals surface area (Å²) < 4.78 is 41.9. The van der Waals surface area contributed by atoms with Crippen LogP contribution in [0.25, 0.3) is 10.5 Å². The SMILES string of the molecule is [C-]#[N+]CC(=O)Nc1cccc([C@H]2c3c(C)nn(-c4ccccc4)c3N(CC)C(=O)[C@@H]2NC(=O)c2cccc(C(F)(F)F)c2)c1. The predicted octanol–water partition coefficient (Wildman–Crippen LogP) is 5.35. The first-order chi connectivity index (χ1) is 21.0. The molecule has 0 bridgehead atoms. The van der Waals surface area contributed by atoms with Crippen LogP contribution in [0.15, 0.2) is 78.9 Å². The van der Waals surface area contributed by atoms with Gasteiger partial charge in [0.25, 0.3) is 18.4 Å². The number of anilines is 2. The molecule has 1 aromatic heterocycles. The van der Waals surface area contributed by atoms with Gasteiger partial charge in [-0.1, -0.05) is 36.4 Å². The molecule has 2 heterocycles. The Labute approximate surface area is 251 Å². The van der Waals surface area contributed by atoms with Gasteiger partial charge in [-0.3, -0.25) is 19.3 Å². The Morgan fingerprint density at radius 1 is 1.02 bits per heavy atom. The first kappa shape index (κ1) is 30.0. The van der Waals surface area contributed by atoms with Crippen molar-refractivity contribution < 1.29 is 27.6 Å². The first-order valence-electron chi connectivity index (χ1n) is 13.7. The molecule has 2 atom stereocenters. The van der Waals surface area contributed by atoms with Gasteiger partial charge in [-0.15, -0.1) is 0 Å². The van der Waals surface area contributed by atoms with Crippen molar-refractivity contribution in [1.82, 2.24) is 15.1 Å². The number of nitrogens with zero attached hydrogens (tertiary/aromatic N) is 4. The van der Waals surface area contributed by atoms with Crippen LogP contribution in [0.4, 0.5) is 24.7 Å². The number of carbonyl (C=O) groups excluding carboxylic acids is 3. The molecule has 3 aromatic carbocycles. The molecular formula is C32H27F3N6O3. The average Bonchev–Trinajstić information content (AvgIpc) is 3.34. The van der Waals surface area contributed by atoms with Crippen LogP contribution in [0, 0.1) is 13.5 Å². The van der Waals surface area contributed by atoms with Crippen LogP contribution in [0.5, 0.6) is 0 Å². The number of carbonyl (C=O) groups is 3. The van der Waals surface area contributed by atoms with Crippen molar-refractivity contribution in [3.63, 3.8) is 0 Å². The van der Waals surface area contributed by atoms with E-state index in [1.807, 2.05) is 30.3 Å². The van der Waals surface area contributed by atoms with Crippen molar-refractivity contribution in [3.05, 3.63) is 118 Å². The summed E-state index contributed by atoms with van der Waals surface area (Å²) in [5.41, 5.74) is 1.58. The number of benzene rings is 3. The average molecular weight is 601 g/mol. The molecule has 0 saturated carbocycles. The van der Waals surface area contributed by atoms with Crippen molar-refractivity contribution in [2.45, 2.75) is 32.0 Å². The number of aryl methyl sites for hydroxylation is 1. The highest BCUT2D eigenvalue weighted by molar-refractivity contribution is 6.05. The van der Waals surface area contributed by atoms with Gasteiger partial charge in [0.05, 0.1) is 16.9 Å². The number of amides is 3. The summed E-state index contributed by atoms with van der Waals surface area (Å²) >= 11 is 0. The minimum Gasteiger partial charge on any atom is -0.339 e. The Morgan fingerprint density at radius 3 is 2.43 bits per heavy atom. The lowest BCUT2D eigenvalue weighted by Crippen LogP contribution is -2.55. The highest BCUT2D eigenvalue weighted by Gasteiger charge is 2.45. The summed E-state index contributed by atoms with van der Waals surface area (Å²) in [5, 5.41) is 10.1. The van der Waals surface area contributed by atoms with Crippen LogP contribution in [-0.2, 0) is 15.8 Å². The number of nitrogens with one attached hydrogen (secondary N) is 2. The first-order valence-corrected chi connectivity index (χ1v) is 13.7. The number of halogens is 3. The van der Waals surface area contributed by atoms with Crippen LogP contribution >= 0.6 is 0 Å². The second kappa shape index (κ2) is 12.0. The lowest BCUT2D eigenvalue weighted by Gasteiger charge is -2.38. The summed E-state index contributed by atoms with van der Waals surface area (Å²) in [4.78, 5) is 44.5. The molecule has 12 heteroatoms. The highest BCUT2D eigenvalue weighted by atomic mass is 19.4. The molecule has 0 fully saturated rings. The number of fused-ring (bicyclic) bond motifs is 1. The van der Waals surface area contributed by atoms with Crippen LogP contribution in [-0.4, -0.2) is 46.6 Å². The van der Waals surface area contributed by atoms with E-state index in [-0.39, 0.29) is 18.7 Å². The summed E-state index contributed by atoms with van der Waals surface area (Å²) in [5.74, 6) is -2.18. The maximum atomic E-state index is 14.2. The molecule has 0 radical (unpaired) electrons. The van der Waals surface area contributed by atoms with Crippen LogP contribution in [0.2, 0.25) is 0 Å². The highest BCUT2D eigenvalue weighted by Crippen LogP contribution is 2.44.